The third-order valence-corrected chi connectivity index (χ3v) is 9.31. The second-order valence-corrected chi connectivity index (χ2v) is 10.7. The highest BCUT2D eigenvalue weighted by Gasteiger charge is 2.55. The van der Waals surface area contributed by atoms with E-state index in [-0.39, 0.29) is 10.8 Å². The molecule has 0 amide bonds. The topological polar surface area (TPSA) is 0 Å². The van der Waals surface area contributed by atoms with Crippen molar-refractivity contribution in [2.24, 2.45) is 5.92 Å². The minimum Gasteiger partial charge on any atom is -0.0776 e. The van der Waals surface area contributed by atoms with Crippen molar-refractivity contribution >= 4 is 0 Å². The average molecular weight is 441 g/mol. The Morgan fingerprint density at radius 3 is 2.15 bits per heavy atom. The van der Waals surface area contributed by atoms with E-state index in [1.807, 2.05) is 0 Å². The lowest BCUT2D eigenvalue weighted by molar-refractivity contribution is 0.318. The van der Waals surface area contributed by atoms with Crippen molar-refractivity contribution < 1.29 is 0 Å². The van der Waals surface area contributed by atoms with Gasteiger partial charge in [0.2, 0.25) is 0 Å². The van der Waals surface area contributed by atoms with Crippen LogP contribution >= 0.6 is 0 Å². The van der Waals surface area contributed by atoms with Gasteiger partial charge < -0.3 is 0 Å². The van der Waals surface area contributed by atoms with E-state index in [4.69, 9.17) is 0 Å². The first-order valence-electron chi connectivity index (χ1n) is 13.2. The third-order valence-electron chi connectivity index (χ3n) is 9.31. The molecule has 0 aliphatic heterocycles. The molecule has 0 nitrogen and oxygen atoms in total. The fraction of sp³-hybridized carbons (Fsp3) is 0.294. The molecule has 3 aromatic carbocycles. The van der Waals surface area contributed by atoms with E-state index in [2.05, 4.69) is 104 Å². The molecule has 2 unspecified atom stereocenters. The summed E-state index contributed by atoms with van der Waals surface area (Å²) < 4.78 is 0. The lowest BCUT2D eigenvalue weighted by Gasteiger charge is -2.52. The number of hydrogen-bond donors (Lipinski definition) is 0. The van der Waals surface area contributed by atoms with Crippen molar-refractivity contribution in [3.63, 3.8) is 0 Å². The number of hydrogen-bond acceptors (Lipinski definition) is 0. The minimum atomic E-state index is -0.0455. The van der Waals surface area contributed by atoms with E-state index >= 15 is 0 Å². The van der Waals surface area contributed by atoms with Crippen LogP contribution in [-0.2, 0) is 17.3 Å². The van der Waals surface area contributed by atoms with Crippen LogP contribution < -0.4 is 0 Å². The Kier molecular flexibility index (Phi) is 4.44. The van der Waals surface area contributed by atoms with Crippen LogP contribution in [0.1, 0.15) is 61.3 Å². The van der Waals surface area contributed by atoms with Crippen molar-refractivity contribution in [2.75, 3.05) is 0 Å². The highest BCUT2D eigenvalue weighted by atomic mass is 14.6. The molecule has 0 radical (unpaired) electrons. The first-order chi connectivity index (χ1) is 16.8. The molecule has 0 bridgehead atoms. The first-order valence-corrected chi connectivity index (χ1v) is 13.2. The fourth-order valence-electron chi connectivity index (χ4n) is 7.80. The molecule has 1 fully saturated rings. The molecule has 168 valence electrons. The van der Waals surface area contributed by atoms with Gasteiger partial charge in [0.15, 0.2) is 0 Å². The van der Waals surface area contributed by atoms with Crippen LogP contribution in [0.3, 0.4) is 0 Å². The zero-order chi connectivity index (χ0) is 22.8. The summed E-state index contributed by atoms with van der Waals surface area (Å²) in [4.78, 5) is 0. The molecule has 2 spiro atoms. The summed E-state index contributed by atoms with van der Waals surface area (Å²) in [6, 6.07) is 27.8. The van der Waals surface area contributed by atoms with Crippen molar-refractivity contribution in [3.05, 3.63) is 131 Å². The lowest BCUT2D eigenvalue weighted by atomic mass is 9.50. The van der Waals surface area contributed by atoms with Gasteiger partial charge in [-0.2, -0.15) is 0 Å². The molecule has 4 aliphatic carbocycles. The van der Waals surface area contributed by atoms with Gasteiger partial charge in [0.1, 0.15) is 0 Å². The first kappa shape index (κ1) is 20.3. The van der Waals surface area contributed by atoms with Crippen LogP contribution in [0.25, 0.3) is 11.1 Å². The lowest BCUT2D eigenvalue weighted by Crippen LogP contribution is -2.45. The molecule has 0 heterocycles. The van der Waals surface area contributed by atoms with E-state index < -0.39 is 0 Å². The molecule has 0 aromatic heterocycles. The number of rotatable bonds is 1. The zero-order valence-corrected chi connectivity index (χ0v) is 20.1. The molecule has 0 N–H and O–H groups in total. The van der Waals surface area contributed by atoms with Crippen molar-refractivity contribution in [1.82, 2.24) is 0 Å². The van der Waals surface area contributed by atoms with E-state index in [1.54, 1.807) is 22.3 Å². The van der Waals surface area contributed by atoms with Gasteiger partial charge in [-0.25, -0.2) is 0 Å². The summed E-state index contributed by atoms with van der Waals surface area (Å²) in [6.07, 6.45) is 17.3. The molecular formula is C34H32. The summed E-state index contributed by atoms with van der Waals surface area (Å²) in [5.74, 6) is 0.481. The van der Waals surface area contributed by atoms with E-state index in [9.17, 15) is 0 Å². The van der Waals surface area contributed by atoms with Gasteiger partial charge in [-0.3, -0.25) is 0 Å². The molecule has 0 saturated heterocycles. The number of aryl methyl sites for hydroxylation is 1. The maximum atomic E-state index is 2.66. The smallest absolute Gasteiger partial charge is 0.0464 e. The van der Waals surface area contributed by atoms with Crippen molar-refractivity contribution in [3.8, 4) is 11.1 Å². The summed E-state index contributed by atoms with van der Waals surface area (Å²) in [7, 11) is 0. The van der Waals surface area contributed by atoms with Gasteiger partial charge in [0, 0.05) is 10.8 Å². The number of allylic oxidation sites excluding steroid dienone is 6. The van der Waals surface area contributed by atoms with Crippen molar-refractivity contribution in [2.45, 2.75) is 56.3 Å². The molecule has 0 heteroatoms. The van der Waals surface area contributed by atoms with Crippen LogP contribution in [0.5, 0.6) is 0 Å². The van der Waals surface area contributed by atoms with Gasteiger partial charge in [-0.15, -0.1) is 0 Å². The van der Waals surface area contributed by atoms with Crippen LogP contribution in [0, 0.1) is 5.92 Å². The Bertz CT molecular complexity index is 1330. The highest BCUT2D eigenvalue weighted by molar-refractivity contribution is 5.85. The second kappa shape index (κ2) is 7.44. The maximum Gasteiger partial charge on any atom is 0.0464 e. The van der Waals surface area contributed by atoms with Gasteiger partial charge in [-0.05, 0) is 89.0 Å². The quantitative estimate of drug-likeness (QED) is 0.356. The Morgan fingerprint density at radius 2 is 1.41 bits per heavy atom. The van der Waals surface area contributed by atoms with E-state index in [0.717, 1.165) is 6.42 Å². The summed E-state index contributed by atoms with van der Waals surface area (Å²) in [5.41, 5.74) is 12.3. The van der Waals surface area contributed by atoms with Gasteiger partial charge in [0.05, 0.1) is 0 Å². The number of benzene rings is 3. The molecule has 4 aliphatic rings. The number of fused-ring (bicyclic) bond motifs is 10. The standard InChI is InChI=1S/C34H32/c1-2-24-11-9-19-31-32(23-24)34(22-21-33(31)20-10-13-25-12-3-6-16-28(25)33)29-17-7-4-14-26(29)27-15-5-8-18-30(27)34/h3-9,11-12,14-19,23-24H,2,10,13,20-22H2,1H3. The van der Waals surface area contributed by atoms with Gasteiger partial charge in [0.25, 0.3) is 0 Å². The molecular weight excluding hydrogens is 408 g/mol. The Morgan fingerprint density at radius 1 is 0.735 bits per heavy atom. The van der Waals surface area contributed by atoms with Crippen LogP contribution in [0.4, 0.5) is 0 Å². The van der Waals surface area contributed by atoms with Gasteiger partial charge >= 0.3 is 0 Å². The van der Waals surface area contributed by atoms with Gasteiger partial charge in [-0.1, -0.05) is 104 Å². The Balaban J connectivity index is 1.53. The minimum absolute atomic E-state index is 0.0455. The summed E-state index contributed by atoms with van der Waals surface area (Å²) >= 11 is 0. The Hall–Kier alpha value is -3.12. The molecule has 34 heavy (non-hydrogen) atoms. The third kappa shape index (κ3) is 2.55. The largest absolute Gasteiger partial charge is 0.0776 e. The molecule has 2 atom stereocenters. The van der Waals surface area contributed by atoms with Crippen molar-refractivity contribution in [1.29, 1.82) is 0 Å². The zero-order valence-electron chi connectivity index (χ0n) is 20.1. The SMILES string of the molecule is CCC1C=CC=C2C(=C1)C1(CCC23CCCc2ccccc23)c2ccccc2-c2ccccc21. The normalized spacial score (nSPS) is 25.6. The molecule has 3 aromatic rings. The molecule has 1 saturated carbocycles. The van der Waals surface area contributed by atoms with Crippen LogP contribution in [0.15, 0.2) is 108 Å². The monoisotopic (exact) mass is 440 g/mol. The maximum absolute atomic E-state index is 2.66. The predicted molar refractivity (Wildman–Crippen MR) is 142 cm³/mol. The second-order valence-electron chi connectivity index (χ2n) is 10.7. The average Bonchev–Trinajstić information content (AvgIpc) is 3.01. The fourth-order valence-corrected chi connectivity index (χ4v) is 7.80. The summed E-state index contributed by atoms with van der Waals surface area (Å²) in [6.45, 7) is 2.33. The van der Waals surface area contributed by atoms with E-state index in [0.29, 0.717) is 5.92 Å². The van der Waals surface area contributed by atoms with Crippen LogP contribution in [-0.4, -0.2) is 0 Å². The highest BCUT2D eigenvalue weighted by Crippen LogP contribution is 2.65. The Labute approximate surface area is 203 Å². The molecule has 7 rings (SSSR count). The predicted octanol–water partition coefficient (Wildman–Crippen LogP) is 8.47. The summed E-state index contributed by atoms with van der Waals surface area (Å²) in [5, 5.41) is 0. The van der Waals surface area contributed by atoms with Crippen LogP contribution in [0.2, 0.25) is 0 Å². The van der Waals surface area contributed by atoms with E-state index in [1.165, 1.54) is 54.4 Å².